The van der Waals surface area contributed by atoms with Gasteiger partial charge in [0.05, 0.1) is 18.6 Å². The molecule has 40 heavy (non-hydrogen) atoms. The number of ketones is 1. The predicted molar refractivity (Wildman–Crippen MR) is 153 cm³/mol. The molecule has 3 saturated heterocycles. The second-order valence-corrected chi connectivity index (χ2v) is 12.0. The minimum atomic E-state index is -0.556. The van der Waals surface area contributed by atoms with E-state index in [4.69, 9.17) is 5.73 Å². The highest BCUT2D eigenvalue weighted by Gasteiger charge is 2.52. The molecule has 4 N–H and O–H groups in total. The monoisotopic (exact) mass is 552 g/mol. The molecule has 4 aliphatic rings. The number of likely N-dealkylation sites (tertiary alicyclic amines) is 2. The van der Waals surface area contributed by atoms with Crippen molar-refractivity contribution in [2.75, 3.05) is 50.7 Å². The van der Waals surface area contributed by atoms with Crippen LogP contribution < -0.4 is 21.3 Å². The molecule has 10 heteroatoms. The maximum atomic E-state index is 13.2. The molecular weight excluding hydrogens is 508 g/mol. The molecule has 0 spiro atoms. The van der Waals surface area contributed by atoms with Gasteiger partial charge in [0.1, 0.15) is 6.04 Å². The molecule has 1 saturated carbocycles. The fourth-order valence-electron chi connectivity index (χ4n) is 6.90. The van der Waals surface area contributed by atoms with Gasteiger partial charge in [0.2, 0.25) is 11.8 Å². The zero-order valence-electron chi connectivity index (χ0n) is 23.6. The summed E-state index contributed by atoms with van der Waals surface area (Å²) < 4.78 is 0. The summed E-state index contributed by atoms with van der Waals surface area (Å²) >= 11 is 0. The molecule has 10 nitrogen and oxygen atoms in total. The topological polar surface area (TPSA) is 128 Å². The van der Waals surface area contributed by atoms with Gasteiger partial charge in [-0.1, -0.05) is 19.8 Å². The second-order valence-electron chi connectivity index (χ2n) is 12.0. The number of nitrogens with two attached hydrogens (primary N) is 1. The molecule has 0 bridgehead atoms. The quantitative estimate of drug-likeness (QED) is 0.419. The predicted octanol–water partition coefficient (Wildman–Crippen LogP) is 1.14. The average Bonchev–Trinajstić information content (AvgIpc) is 3.72. The smallest absolute Gasteiger partial charge is 0.251 e. The lowest BCUT2D eigenvalue weighted by Gasteiger charge is -2.29. The van der Waals surface area contributed by atoms with Gasteiger partial charge in [-0.05, 0) is 61.8 Å². The number of amides is 3. The summed E-state index contributed by atoms with van der Waals surface area (Å²) in [4.78, 5) is 57.5. The molecule has 1 aromatic carbocycles. The van der Waals surface area contributed by atoms with Gasteiger partial charge in [-0.15, -0.1) is 0 Å². The number of piperazine rings is 1. The van der Waals surface area contributed by atoms with Crippen molar-refractivity contribution < 1.29 is 19.2 Å². The summed E-state index contributed by atoms with van der Waals surface area (Å²) in [6, 6.07) is 6.33. The molecule has 4 unspecified atom stereocenters. The van der Waals surface area contributed by atoms with E-state index in [0.717, 1.165) is 57.5 Å². The van der Waals surface area contributed by atoms with Crippen LogP contribution in [0.25, 0.3) is 0 Å². The number of rotatable bonds is 9. The molecule has 4 fully saturated rings. The van der Waals surface area contributed by atoms with Crippen molar-refractivity contribution in [3.63, 3.8) is 0 Å². The van der Waals surface area contributed by atoms with E-state index in [0.29, 0.717) is 37.9 Å². The lowest BCUT2D eigenvalue weighted by atomic mass is 9.97. The van der Waals surface area contributed by atoms with E-state index in [1.165, 1.54) is 0 Å². The Morgan fingerprint density at radius 1 is 1.02 bits per heavy atom. The number of nitrogens with zero attached hydrogens (tertiary/aromatic N) is 3. The number of fused-ring (bicyclic) bond motifs is 1. The molecule has 3 amide bonds. The van der Waals surface area contributed by atoms with Crippen LogP contribution in [0.4, 0.5) is 5.69 Å². The van der Waals surface area contributed by atoms with E-state index in [-0.39, 0.29) is 47.9 Å². The molecule has 218 valence electrons. The van der Waals surface area contributed by atoms with Gasteiger partial charge in [0, 0.05) is 56.9 Å². The third kappa shape index (κ3) is 6.17. The first-order valence-electron chi connectivity index (χ1n) is 15.1. The van der Waals surface area contributed by atoms with Crippen LogP contribution in [0.5, 0.6) is 0 Å². The van der Waals surface area contributed by atoms with Crippen LogP contribution in [-0.4, -0.2) is 97.2 Å². The van der Waals surface area contributed by atoms with Crippen LogP contribution in [0.15, 0.2) is 24.3 Å². The van der Waals surface area contributed by atoms with Crippen molar-refractivity contribution in [3.8, 4) is 0 Å². The zero-order chi connectivity index (χ0) is 28.2. The highest BCUT2D eigenvalue weighted by atomic mass is 16.2. The fraction of sp³-hybridized carbons (Fsp3) is 0.667. The Morgan fingerprint density at radius 3 is 2.42 bits per heavy atom. The van der Waals surface area contributed by atoms with Gasteiger partial charge < -0.3 is 31.1 Å². The molecule has 1 aromatic rings. The van der Waals surface area contributed by atoms with Crippen LogP contribution in [0.2, 0.25) is 0 Å². The number of hydrogen-bond acceptors (Lipinski definition) is 7. The maximum Gasteiger partial charge on any atom is 0.251 e. The summed E-state index contributed by atoms with van der Waals surface area (Å²) in [6.07, 6.45) is 5.72. The first kappa shape index (κ1) is 28.5. The minimum Gasteiger partial charge on any atom is -0.369 e. The van der Waals surface area contributed by atoms with Crippen LogP contribution in [-0.2, 0) is 14.4 Å². The van der Waals surface area contributed by atoms with Gasteiger partial charge >= 0.3 is 0 Å². The second kappa shape index (κ2) is 12.7. The van der Waals surface area contributed by atoms with E-state index in [9.17, 15) is 19.2 Å². The molecule has 3 aliphatic heterocycles. The number of carbonyl (C=O) groups is 4. The van der Waals surface area contributed by atoms with Crippen molar-refractivity contribution >= 4 is 29.2 Å². The number of nitrogens with one attached hydrogen (secondary N) is 2. The SMILES string of the molecule is CC(CCNC(=O)c1ccc(N2CCNCC2)cc1)CC(=O)N1CCC2C1C(=O)CN2C(=O)C(N)C1CCCC1. The van der Waals surface area contributed by atoms with Crippen LogP contribution in [0.1, 0.15) is 62.2 Å². The fourth-order valence-corrected chi connectivity index (χ4v) is 6.90. The Kier molecular flexibility index (Phi) is 9.05. The molecule has 4 atom stereocenters. The van der Waals surface area contributed by atoms with E-state index >= 15 is 0 Å². The Labute approximate surface area is 237 Å². The van der Waals surface area contributed by atoms with Gasteiger partial charge in [-0.25, -0.2) is 0 Å². The molecule has 5 rings (SSSR count). The molecule has 1 aliphatic carbocycles. The number of benzene rings is 1. The highest BCUT2D eigenvalue weighted by molar-refractivity contribution is 5.98. The summed E-state index contributed by atoms with van der Waals surface area (Å²) in [6.45, 7) is 6.84. The largest absolute Gasteiger partial charge is 0.369 e. The molecule has 0 radical (unpaired) electrons. The highest BCUT2D eigenvalue weighted by Crippen LogP contribution is 2.33. The molecule has 0 aromatic heterocycles. The number of Topliss-reactive ketones (excluding diaryl/α,β-unsaturated/α-hetero) is 1. The third-order valence-electron chi connectivity index (χ3n) is 9.28. The Bertz CT molecular complexity index is 1080. The van der Waals surface area contributed by atoms with Crippen molar-refractivity contribution in [1.29, 1.82) is 0 Å². The standard InChI is InChI=1S/C30H44N6O4/c1-20(10-12-33-29(39)22-6-8-23(9-7-22)34-16-13-32-14-17-34)18-26(38)35-15-11-24-28(35)25(37)19-36(24)30(40)27(31)21-4-2-3-5-21/h6-9,20-21,24,27-28,32H,2-5,10-19,31H2,1H3,(H,33,39). The van der Waals surface area contributed by atoms with E-state index in [1.807, 2.05) is 31.2 Å². The van der Waals surface area contributed by atoms with Gasteiger partial charge in [0.25, 0.3) is 5.91 Å². The van der Waals surface area contributed by atoms with E-state index < -0.39 is 12.1 Å². The summed E-state index contributed by atoms with van der Waals surface area (Å²) in [7, 11) is 0. The van der Waals surface area contributed by atoms with Crippen LogP contribution in [0.3, 0.4) is 0 Å². The van der Waals surface area contributed by atoms with Crippen molar-refractivity contribution in [2.24, 2.45) is 17.6 Å². The number of anilines is 1. The van der Waals surface area contributed by atoms with E-state index in [2.05, 4.69) is 15.5 Å². The summed E-state index contributed by atoms with van der Waals surface area (Å²) in [5.41, 5.74) is 8.06. The van der Waals surface area contributed by atoms with E-state index in [1.54, 1.807) is 9.80 Å². The van der Waals surface area contributed by atoms with Gasteiger partial charge in [-0.3, -0.25) is 19.2 Å². The minimum absolute atomic E-state index is 0.0481. The molecule has 3 heterocycles. The number of hydrogen-bond donors (Lipinski definition) is 3. The summed E-state index contributed by atoms with van der Waals surface area (Å²) in [5.74, 6) is -0.136. The average molecular weight is 553 g/mol. The van der Waals surface area contributed by atoms with Crippen molar-refractivity contribution in [3.05, 3.63) is 29.8 Å². The zero-order valence-corrected chi connectivity index (χ0v) is 23.6. The van der Waals surface area contributed by atoms with Crippen molar-refractivity contribution in [2.45, 2.75) is 70.0 Å². The summed E-state index contributed by atoms with van der Waals surface area (Å²) in [5, 5.41) is 6.31. The molecular formula is C30H44N6O4. The normalized spacial score (nSPS) is 24.8. The maximum absolute atomic E-state index is 13.2. The Hall–Kier alpha value is -2.98. The van der Waals surface area contributed by atoms with Crippen molar-refractivity contribution in [1.82, 2.24) is 20.4 Å². The Balaban J connectivity index is 1.06. The Morgan fingerprint density at radius 2 is 1.73 bits per heavy atom. The first-order valence-corrected chi connectivity index (χ1v) is 15.1. The van der Waals surface area contributed by atoms with Gasteiger partial charge in [0.15, 0.2) is 5.78 Å². The van der Waals surface area contributed by atoms with Crippen LogP contribution >= 0.6 is 0 Å². The first-order chi connectivity index (χ1) is 19.3. The lowest BCUT2D eigenvalue weighted by molar-refractivity contribution is -0.137. The van der Waals surface area contributed by atoms with Crippen LogP contribution in [0, 0.1) is 11.8 Å². The lowest BCUT2D eigenvalue weighted by Crippen LogP contribution is -2.50. The number of carbonyl (C=O) groups excluding carboxylic acids is 4. The third-order valence-corrected chi connectivity index (χ3v) is 9.28. The van der Waals surface area contributed by atoms with Gasteiger partial charge in [-0.2, -0.15) is 0 Å².